The third-order valence-electron chi connectivity index (χ3n) is 2.77. The highest BCUT2D eigenvalue weighted by atomic mass is 16.1. The first-order valence-corrected chi connectivity index (χ1v) is 6.67. The van der Waals surface area contributed by atoms with Crippen molar-refractivity contribution in [1.82, 2.24) is 15.3 Å². The van der Waals surface area contributed by atoms with Crippen LogP contribution < -0.4 is 10.6 Å². The number of nitrogens with zero attached hydrogens (tertiary/aromatic N) is 2. The largest absolute Gasteiger partial charge is 0.370 e. The number of aromatic nitrogens is 2. The third-order valence-corrected chi connectivity index (χ3v) is 2.77. The lowest BCUT2D eigenvalue weighted by atomic mass is 10.2. The van der Waals surface area contributed by atoms with E-state index in [1.54, 1.807) is 24.5 Å². The summed E-state index contributed by atoms with van der Waals surface area (Å²) in [6, 6.07) is 9.22. The molecule has 0 spiro atoms. The van der Waals surface area contributed by atoms with Gasteiger partial charge < -0.3 is 10.6 Å². The number of anilines is 1. The van der Waals surface area contributed by atoms with Gasteiger partial charge in [0.1, 0.15) is 5.82 Å². The molecule has 5 nitrogen and oxygen atoms in total. The summed E-state index contributed by atoms with van der Waals surface area (Å²) in [5, 5.41) is 5.97. The van der Waals surface area contributed by atoms with Gasteiger partial charge in [0, 0.05) is 43.2 Å². The Morgan fingerprint density at radius 2 is 2.10 bits per heavy atom. The van der Waals surface area contributed by atoms with Crippen molar-refractivity contribution < 1.29 is 4.79 Å². The van der Waals surface area contributed by atoms with Crippen molar-refractivity contribution in [2.75, 3.05) is 18.4 Å². The van der Waals surface area contributed by atoms with E-state index >= 15 is 0 Å². The van der Waals surface area contributed by atoms with Crippen LogP contribution in [-0.2, 0) is 6.42 Å². The zero-order valence-corrected chi connectivity index (χ0v) is 11.5. The Morgan fingerprint density at radius 1 is 1.20 bits per heavy atom. The minimum absolute atomic E-state index is 0.0949. The standard InChI is InChI=1S/C15H18N4O/c1-2-16-14-11-12(6-9-18-14)15(20)19-10-7-13-5-3-4-8-17-13/h3-6,8-9,11H,2,7,10H2,1H3,(H,16,18)(H,19,20). The molecule has 2 aromatic heterocycles. The number of carbonyl (C=O) groups excluding carboxylic acids is 1. The van der Waals surface area contributed by atoms with Gasteiger partial charge >= 0.3 is 0 Å². The fourth-order valence-corrected chi connectivity index (χ4v) is 1.80. The number of nitrogens with one attached hydrogen (secondary N) is 2. The normalized spacial score (nSPS) is 10.1. The molecule has 0 atom stereocenters. The zero-order valence-electron chi connectivity index (χ0n) is 11.5. The van der Waals surface area contributed by atoms with E-state index in [1.807, 2.05) is 25.1 Å². The third kappa shape index (κ3) is 4.05. The Morgan fingerprint density at radius 3 is 2.85 bits per heavy atom. The van der Waals surface area contributed by atoms with Crippen LogP contribution in [0.15, 0.2) is 42.7 Å². The number of hydrogen-bond donors (Lipinski definition) is 2. The summed E-state index contributed by atoms with van der Waals surface area (Å²) in [4.78, 5) is 20.4. The van der Waals surface area contributed by atoms with Gasteiger partial charge in [0.05, 0.1) is 0 Å². The Balaban J connectivity index is 1.87. The molecule has 104 valence electrons. The summed E-state index contributed by atoms with van der Waals surface area (Å²) in [7, 11) is 0. The van der Waals surface area contributed by atoms with Gasteiger partial charge in [-0.25, -0.2) is 4.98 Å². The van der Waals surface area contributed by atoms with Crippen molar-refractivity contribution >= 4 is 11.7 Å². The molecule has 0 aliphatic heterocycles. The van der Waals surface area contributed by atoms with Crippen molar-refractivity contribution in [3.05, 3.63) is 54.0 Å². The van der Waals surface area contributed by atoms with Crippen molar-refractivity contribution in [3.63, 3.8) is 0 Å². The molecule has 2 heterocycles. The van der Waals surface area contributed by atoms with E-state index in [2.05, 4.69) is 20.6 Å². The van der Waals surface area contributed by atoms with Crippen LogP contribution in [0, 0.1) is 0 Å². The lowest BCUT2D eigenvalue weighted by molar-refractivity contribution is 0.0954. The summed E-state index contributed by atoms with van der Waals surface area (Å²) >= 11 is 0. The van der Waals surface area contributed by atoms with Gasteiger partial charge in [0.25, 0.3) is 5.91 Å². The van der Waals surface area contributed by atoms with Gasteiger partial charge in [-0.05, 0) is 31.2 Å². The van der Waals surface area contributed by atoms with E-state index in [1.165, 1.54) is 0 Å². The molecule has 0 aromatic carbocycles. The Hall–Kier alpha value is -2.43. The van der Waals surface area contributed by atoms with Crippen molar-refractivity contribution in [1.29, 1.82) is 0 Å². The number of pyridine rings is 2. The SMILES string of the molecule is CCNc1cc(C(=O)NCCc2ccccn2)ccn1. The molecule has 2 N–H and O–H groups in total. The zero-order chi connectivity index (χ0) is 14.2. The average Bonchev–Trinajstić information content (AvgIpc) is 2.49. The summed E-state index contributed by atoms with van der Waals surface area (Å²) < 4.78 is 0. The highest BCUT2D eigenvalue weighted by molar-refractivity contribution is 5.94. The molecular formula is C15H18N4O. The van der Waals surface area contributed by atoms with Crippen molar-refractivity contribution in [2.24, 2.45) is 0 Å². The highest BCUT2D eigenvalue weighted by Gasteiger charge is 2.06. The summed E-state index contributed by atoms with van der Waals surface area (Å²) in [5.41, 5.74) is 1.58. The van der Waals surface area contributed by atoms with Gasteiger partial charge in [-0.3, -0.25) is 9.78 Å². The smallest absolute Gasteiger partial charge is 0.251 e. The molecule has 0 fully saturated rings. The van der Waals surface area contributed by atoms with Crippen LogP contribution in [0.4, 0.5) is 5.82 Å². The Kier molecular flexibility index (Phi) is 5.06. The fraction of sp³-hybridized carbons (Fsp3) is 0.267. The Labute approximate surface area is 118 Å². The molecule has 0 aliphatic rings. The summed E-state index contributed by atoms with van der Waals surface area (Å²) in [6.07, 6.45) is 4.10. The number of rotatable bonds is 6. The molecule has 0 saturated heterocycles. The monoisotopic (exact) mass is 270 g/mol. The molecule has 0 bridgehead atoms. The second-order valence-corrected chi connectivity index (χ2v) is 4.29. The van der Waals surface area contributed by atoms with Crippen LogP contribution in [0.1, 0.15) is 23.0 Å². The van der Waals surface area contributed by atoms with Crippen LogP contribution in [0.3, 0.4) is 0 Å². The molecule has 1 amide bonds. The topological polar surface area (TPSA) is 66.9 Å². The predicted octanol–water partition coefficient (Wildman–Crippen LogP) is 1.88. The van der Waals surface area contributed by atoms with Gasteiger partial charge in [0.2, 0.25) is 0 Å². The summed E-state index contributed by atoms with van der Waals surface area (Å²) in [5.74, 6) is 0.618. The molecule has 0 radical (unpaired) electrons. The molecule has 5 heteroatoms. The van der Waals surface area contributed by atoms with Crippen LogP contribution in [0.25, 0.3) is 0 Å². The molecule has 0 saturated carbocycles. The number of carbonyl (C=O) groups is 1. The van der Waals surface area contributed by atoms with Gasteiger partial charge in [0.15, 0.2) is 0 Å². The molecule has 2 rings (SSSR count). The first-order valence-electron chi connectivity index (χ1n) is 6.67. The highest BCUT2D eigenvalue weighted by Crippen LogP contribution is 2.06. The van der Waals surface area contributed by atoms with Gasteiger partial charge in [-0.1, -0.05) is 6.07 Å². The fourth-order valence-electron chi connectivity index (χ4n) is 1.80. The van der Waals surface area contributed by atoms with Crippen molar-refractivity contribution in [2.45, 2.75) is 13.3 Å². The molecule has 0 aliphatic carbocycles. The molecule has 2 aromatic rings. The predicted molar refractivity (Wildman–Crippen MR) is 78.7 cm³/mol. The molecule has 20 heavy (non-hydrogen) atoms. The average molecular weight is 270 g/mol. The first kappa shape index (κ1) is 14.0. The van der Waals surface area contributed by atoms with Crippen LogP contribution in [0.5, 0.6) is 0 Å². The molecule has 0 unspecified atom stereocenters. The van der Waals surface area contributed by atoms with Crippen molar-refractivity contribution in [3.8, 4) is 0 Å². The second-order valence-electron chi connectivity index (χ2n) is 4.29. The van der Waals surface area contributed by atoms with Gasteiger partial charge in [-0.2, -0.15) is 0 Å². The first-order chi connectivity index (χ1) is 9.79. The van der Waals surface area contributed by atoms with E-state index < -0.39 is 0 Å². The quantitative estimate of drug-likeness (QED) is 0.841. The lowest BCUT2D eigenvalue weighted by Crippen LogP contribution is -2.26. The second kappa shape index (κ2) is 7.23. The number of hydrogen-bond acceptors (Lipinski definition) is 4. The van der Waals surface area contributed by atoms with Crippen LogP contribution >= 0.6 is 0 Å². The molecular weight excluding hydrogens is 252 g/mol. The minimum atomic E-state index is -0.0949. The Bertz CT molecular complexity index is 557. The van der Waals surface area contributed by atoms with Crippen LogP contribution in [0.2, 0.25) is 0 Å². The number of amides is 1. The van der Waals surface area contributed by atoms with E-state index in [0.29, 0.717) is 17.9 Å². The van der Waals surface area contributed by atoms with E-state index in [-0.39, 0.29) is 5.91 Å². The maximum absolute atomic E-state index is 12.0. The van der Waals surface area contributed by atoms with E-state index in [4.69, 9.17) is 0 Å². The lowest BCUT2D eigenvalue weighted by Gasteiger charge is -2.07. The van der Waals surface area contributed by atoms with E-state index in [9.17, 15) is 4.79 Å². The van der Waals surface area contributed by atoms with Crippen LogP contribution in [-0.4, -0.2) is 29.0 Å². The van der Waals surface area contributed by atoms with E-state index in [0.717, 1.165) is 18.7 Å². The maximum atomic E-state index is 12.0. The van der Waals surface area contributed by atoms with Gasteiger partial charge in [-0.15, -0.1) is 0 Å². The minimum Gasteiger partial charge on any atom is -0.370 e. The maximum Gasteiger partial charge on any atom is 0.251 e. The summed E-state index contributed by atoms with van der Waals surface area (Å²) in [6.45, 7) is 3.33.